The molecule has 0 unspecified atom stereocenters. The van der Waals surface area contributed by atoms with Crippen LogP contribution in [0.2, 0.25) is 39.3 Å². The molecule has 0 fully saturated rings. The molecule has 0 heterocycles. The quantitative estimate of drug-likeness (QED) is 0.666. The number of anilines is 1. The summed E-state index contributed by atoms with van der Waals surface area (Å²) in [5.41, 5.74) is 10.2. The molecule has 100 valence electrons. The molecule has 0 saturated carbocycles. The van der Waals surface area contributed by atoms with E-state index in [1.165, 1.54) is 21.5 Å². The monoisotopic (exact) mass is 277 g/mol. The molecule has 3 heteroatoms. The minimum atomic E-state index is -1.43. The molecule has 0 radical (unpaired) electrons. The molecule has 1 nitrogen and oxygen atoms in total. The molecule has 0 aromatic heterocycles. The number of rotatable bonds is 3. The van der Waals surface area contributed by atoms with Crippen molar-refractivity contribution < 1.29 is 0 Å². The number of nitrogen functional groups attached to an aromatic ring is 1. The Balaban J connectivity index is 3.76. The Kier molecular flexibility index (Phi) is 3.98. The largest absolute Gasteiger partial charge is 0.399 e. The number of benzene rings is 1. The van der Waals surface area contributed by atoms with Crippen LogP contribution in [0.15, 0.2) is 12.6 Å². The van der Waals surface area contributed by atoms with Crippen LogP contribution in [0, 0.1) is 6.92 Å². The van der Waals surface area contributed by atoms with Crippen LogP contribution in [-0.4, -0.2) is 16.1 Å². The second-order valence-electron chi connectivity index (χ2n) is 7.13. The van der Waals surface area contributed by atoms with E-state index in [0.717, 1.165) is 5.69 Å². The molecular weight excluding hydrogens is 250 g/mol. The summed E-state index contributed by atoms with van der Waals surface area (Å²) in [5, 5.41) is 2.82. The summed E-state index contributed by atoms with van der Waals surface area (Å²) in [6.07, 6.45) is 1.97. The molecule has 0 bridgehead atoms. The van der Waals surface area contributed by atoms with Gasteiger partial charge < -0.3 is 5.73 Å². The molecule has 0 atom stereocenters. The maximum Gasteiger partial charge on any atom is 0.0806 e. The Morgan fingerprint density at radius 3 is 1.89 bits per heavy atom. The van der Waals surface area contributed by atoms with Gasteiger partial charge in [0.1, 0.15) is 0 Å². The Labute approximate surface area is 114 Å². The average molecular weight is 278 g/mol. The highest BCUT2D eigenvalue weighted by Crippen LogP contribution is 2.19. The fraction of sp³-hybridized carbons (Fsp3) is 0.467. The Morgan fingerprint density at radius 1 is 1.06 bits per heavy atom. The Bertz CT molecular complexity index is 477. The summed E-state index contributed by atoms with van der Waals surface area (Å²) >= 11 is 0. The average Bonchev–Trinajstić information content (AvgIpc) is 2.13. The zero-order valence-electron chi connectivity index (χ0n) is 12.9. The molecule has 0 saturated heterocycles. The van der Waals surface area contributed by atoms with Gasteiger partial charge in [0, 0.05) is 5.69 Å². The first-order chi connectivity index (χ1) is 8.00. The van der Waals surface area contributed by atoms with E-state index in [1.54, 1.807) is 0 Å². The SMILES string of the molecule is C=Cc1cc([Si](C)(C)C)c(N)c([Si](C)(C)C)c1C. The van der Waals surface area contributed by atoms with Crippen molar-refractivity contribution >= 4 is 38.3 Å². The van der Waals surface area contributed by atoms with Crippen LogP contribution in [-0.2, 0) is 0 Å². The molecule has 1 aromatic carbocycles. The summed E-state index contributed by atoms with van der Waals surface area (Å²) in [4.78, 5) is 0. The highest BCUT2D eigenvalue weighted by Gasteiger charge is 2.28. The summed E-state index contributed by atoms with van der Waals surface area (Å²) < 4.78 is 0. The molecule has 0 aliphatic rings. The second-order valence-corrected chi connectivity index (χ2v) is 17.2. The first-order valence-corrected chi connectivity index (χ1v) is 13.6. The highest BCUT2D eigenvalue weighted by atomic mass is 28.3. The molecule has 2 N–H and O–H groups in total. The van der Waals surface area contributed by atoms with Gasteiger partial charge in [0.05, 0.1) is 16.1 Å². The molecule has 18 heavy (non-hydrogen) atoms. The van der Waals surface area contributed by atoms with E-state index in [1.807, 2.05) is 6.08 Å². The third-order valence-electron chi connectivity index (χ3n) is 3.45. The van der Waals surface area contributed by atoms with Crippen molar-refractivity contribution in [3.05, 3.63) is 23.8 Å². The summed E-state index contributed by atoms with van der Waals surface area (Å²) in [5.74, 6) is 0. The van der Waals surface area contributed by atoms with Crippen LogP contribution in [0.1, 0.15) is 11.1 Å². The van der Waals surface area contributed by atoms with Crippen LogP contribution in [0.3, 0.4) is 0 Å². The van der Waals surface area contributed by atoms with Crippen LogP contribution < -0.4 is 16.1 Å². The fourth-order valence-electron chi connectivity index (χ4n) is 2.62. The van der Waals surface area contributed by atoms with Gasteiger partial charge >= 0.3 is 0 Å². The molecule has 0 aliphatic carbocycles. The van der Waals surface area contributed by atoms with Crippen LogP contribution in [0.4, 0.5) is 5.69 Å². The van der Waals surface area contributed by atoms with E-state index in [-0.39, 0.29) is 0 Å². The molecule has 0 aliphatic heterocycles. The molecule has 1 aromatic rings. The third kappa shape index (κ3) is 2.78. The maximum absolute atomic E-state index is 6.52. The van der Waals surface area contributed by atoms with Crippen LogP contribution >= 0.6 is 0 Å². The van der Waals surface area contributed by atoms with Crippen molar-refractivity contribution in [3.8, 4) is 0 Å². The zero-order valence-corrected chi connectivity index (χ0v) is 14.9. The van der Waals surface area contributed by atoms with E-state index in [0.29, 0.717) is 0 Å². The Morgan fingerprint density at radius 2 is 1.56 bits per heavy atom. The lowest BCUT2D eigenvalue weighted by molar-refractivity contribution is 1.47. The number of hydrogen-bond acceptors (Lipinski definition) is 1. The Hall–Kier alpha value is -0.806. The van der Waals surface area contributed by atoms with Gasteiger partial charge in [-0.05, 0) is 28.4 Å². The normalized spacial score (nSPS) is 12.6. The topological polar surface area (TPSA) is 26.0 Å². The van der Waals surface area contributed by atoms with Crippen molar-refractivity contribution in [1.29, 1.82) is 0 Å². The fourth-order valence-corrected chi connectivity index (χ4v) is 6.48. The first-order valence-electron chi connectivity index (χ1n) is 6.56. The lowest BCUT2D eigenvalue weighted by Crippen LogP contribution is -2.49. The highest BCUT2D eigenvalue weighted by molar-refractivity contribution is 6.93. The van der Waals surface area contributed by atoms with Gasteiger partial charge in [-0.15, -0.1) is 0 Å². The van der Waals surface area contributed by atoms with Crippen LogP contribution in [0.5, 0.6) is 0 Å². The molecular formula is C15H27NSi2. The van der Waals surface area contributed by atoms with Gasteiger partial charge in [-0.2, -0.15) is 0 Å². The number of hydrogen-bond donors (Lipinski definition) is 1. The van der Waals surface area contributed by atoms with Gasteiger partial charge in [-0.1, -0.05) is 58.0 Å². The van der Waals surface area contributed by atoms with Crippen molar-refractivity contribution in [2.45, 2.75) is 46.2 Å². The standard InChI is InChI=1S/C15H27NSi2/c1-9-12-10-13(17(3,4)5)14(16)15(11(12)2)18(6,7)8/h9-10H,1,16H2,2-8H3. The molecule has 1 rings (SSSR count). The predicted octanol–water partition coefficient (Wildman–Crippen LogP) is 3.31. The molecule has 0 amide bonds. The minimum absolute atomic E-state index is 1.07. The first kappa shape index (κ1) is 15.3. The van der Waals surface area contributed by atoms with E-state index >= 15 is 0 Å². The lowest BCUT2D eigenvalue weighted by atomic mass is 10.1. The van der Waals surface area contributed by atoms with Gasteiger partial charge in [0.25, 0.3) is 0 Å². The van der Waals surface area contributed by atoms with Crippen molar-refractivity contribution in [2.24, 2.45) is 0 Å². The second kappa shape index (κ2) is 4.70. The lowest BCUT2D eigenvalue weighted by Gasteiger charge is -2.29. The van der Waals surface area contributed by atoms with Crippen molar-refractivity contribution in [1.82, 2.24) is 0 Å². The minimum Gasteiger partial charge on any atom is -0.399 e. The summed E-state index contributed by atoms with van der Waals surface area (Å²) in [6.45, 7) is 20.3. The maximum atomic E-state index is 6.52. The van der Waals surface area contributed by atoms with Gasteiger partial charge in [-0.3, -0.25) is 0 Å². The van der Waals surface area contributed by atoms with E-state index in [9.17, 15) is 0 Å². The number of nitrogens with two attached hydrogens (primary N) is 1. The zero-order chi connectivity index (χ0) is 14.3. The predicted molar refractivity (Wildman–Crippen MR) is 91.6 cm³/mol. The molecule has 0 spiro atoms. The van der Waals surface area contributed by atoms with E-state index in [2.05, 4.69) is 58.9 Å². The van der Waals surface area contributed by atoms with Gasteiger partial charge in [0.2, 0.25) is 0 Å². The summed E-state index contributed by atoms with van der Waals surface area (Å²) in [6, 6.07) is 2.27. The smallest absolute Gasteiger partial charge is 0.0806 e. The third-order valence-corrected chi connectivity index (χ3v) is 7.62. The van der Waals surface area contributed by atoms with Gasteiger partial charge in [0.15, 0.2) is 0 Å². The summed E-state index contributed by atoms with van der Waals surface area (Å²) in [7, 11) is -2.84. The van der Waals surface area contributed by atoms with E-state index in [4.69, 9.17) is 5.73 Å². The van der Waals surface area contributed by atoms with Crippen LogP contribution in [0.25, 0.3) is 6.08 Å². The van der Waals surface area contributed by atoms with Crippen molar-refractivity contribution in [3.63, 3.8) is 0 Å². The van der Waals surface area contributed by atoms with Crippen molar-refractivity contribution in [2.75, 3.05) is 5.73 Å². The van der Waals surface area contributed by atoms with E-state index < -0.39 is 16.1 Å². The van der Waals surface area contributed by atoms with Gasteiger partial charge in [-0.25, -0.2) is 0 Å².